The molecular formula is C18H16F4N2O3. The summed E-state index contributed by atoms with van der Waals surface area (Å²) in [5.41, 5.74) is 5.70. The number of carbonyl (C=O) groups excluding carboxylic acids is 2. The van der Waals surface area contributed by atoms with Gasteiger partial charge in [-0.05, 0) is 35.4 Å². The number of alkyl halides is 3. The number of rotatable bonds is 6. The summed E-state index contributed by atoms with van der Waals surface area (Å²) >= 11 is 0. The molecule has 0 aliphatic carbocycles. The molecule has 0 atom stereocenters. The summed E-state index contributed by atoms with van der Waals surface area (Å²) in [5, 5.41) is 0. The minimum Gasteiger partial charge on any atom is -0.367 e. The smallest absolute Gasteiger partial charge is 0.367 e. The zero-order chi connectivity index (χ0) is 19.9. The summed E-state index contributed by atoms with van der Waals surface area (Å²) in [5.74, 6) is -1.50. The lowest BCUT2D eigenvalue weighted by atomic mass is 10.1. The second-order valence-corrected chi connectivity index (χ2v) is 5.61. The van der Waals surface area contributed by atoms with E-state index in [1.54, 1.807) is 0 Å². The van der Waals surface area contributed by atoms with Gasteiger partial charge in [-0.25, -0.2) is 4.39 Å². The SMILES string of the molecule is O=C(Cc1ccc(F)cc1)NNC(=O)c1ccc(COCC(F)(F)F)cc1. The fraction of sp³-hybridized carbons (Fsp3) is 0.222. The fourth-order valence-electron chi connectivity index (χ4n) is 2.07. The van der Waals surface area contributed by atoms with Gasteiger partial charge >= 0.3 is 6.18 Å². The molecule has 0 bridgehead atoms. The Balaban J connectivity index is 1.78. The molecule has 0 aliphatic heterocycles. The van der Waals surface area contributed by atoms with Crippen molar-refractivity contribution < 1.29 is 31.9 Å². The van der Waals surface area contributed by atoms with E-state index in [0.717, 1.165) is 0 Å². The highest BCUT2D eigenvalue weighted by atomic mass is 19.4. The Morgan fingerprint density at radius 1 is 0.889 bits per heavy atom. The number of halogens is 4. The highest BCUT2D eigenvalue weighted by molar-refractivity contribution is 5.95. The van der Waals surface area contributed by atoms with E-state index in [4.69, 9.17) is 0 Å². The van der Waals surface area contributed by atoms with Gasteiger partial charge in [0.05, 0.1) is 13.0 Å². The Kier molecular flexibility index (Phi) is 6.89. The quantitative estimate of drug-likeness (QED) is 0.595. The van der Waals surface area contributed by atoms with Crippen molar-refractivity contribution in [2.45, 2.75) is 19.2 Å². The van der Waals surface area contributed by atoms with Crippen LogP contribution in [0.15, 0.2) is 48.5 Å². The van der Waals surface area contributed by atoms with Gasteiger partial charge in [0, 0.05) is 5.56 Å². The summed E-state index contributed by atoms with van der Waals surface area (Å²) in [7, 11) is 0. The third kappa shape index (κ3) is 7.45. The maximum absolute atomic E-state index is 12.8. The summed E-state index contributed by atoms with van der Waals surface area (Å²) in [6.45, 7) is -1.59. The largest absolute Gasteiger partial charge is 0.411 e. The molecule has 0 aromatic heterocycles. The van der Waals surface area contributed by atoms with E-state index in [1.165, 1.54) is 48.5 Å². The molecule has 0 unspecified atom stereocenters. The van der Waals surface area contributed by atoms with Crippen LogP contribution in [0.1, 0.15) is 21.5 Å². The number of nitrogens with one attached hydrogen (secondary N) is 2. The van der Waals surface area contributed by atoms with Gasteiger partial charge in [0.1, 0.15) is 12.4 Å². The standard InChI is InChI=1S/C18H16F4N2O3/c19-15-7-3-12(4-8-15)9-16(25)23-24-17(26)14-5-1-13(2-6-14)10-27-11-18(20,21)22/h1-8H,9-11H2,(H,23,25)(H,24,26). The molecule has 5 nitrogen and oxygen atoms in total. The lowest BCUT2D eigenvalue weighted by Gasteiger charge is -2.09. The van der Waals surface area contributed by atoms with Crippen LogP contribution in [-0.4, -0.2) is 24.6 Å². The van der Waals surface area contributed by atoms with Crippen LogP contribution in [0.4, 0.5) is 17.6 Å². The molecule has 144 valence electrons. The van der Waals surface area contributed by atoms with Crippen molar-refractivity contribution in [3.8, 4) is 0 Å². The molecule has 0 spiro atoms. The van der Waals surface area contributed by atoms with Crippen LogP contribution in [0.3, 0.4) is 0 Å². The first-order chi connectivity index (χ1) is 12.7. The molecule has 9 heteroatoms. The Bertz CT molecular complexity index is 775. The van der Waals surface area contributed by atoms with Gasteiger partial charge in [-0.1, -0.05) is 24.3 Å². The highest BCUT2D eigenvalue weighted by Crippen LogP contribution is 2.15. The van der Waals surface area contributed by atoms with Crippen molar-refractivity contribution in [1.82, 2.24) is 10.9 Å². The molecule has 2 N–H and O–H groups in total. The molecule has 2 aromatic rings. The first-order valence-electron chi connectivity index (χ1n) is 7.80. The lowest BCUT2D eigenvalue weighted by Crippen LogP contribution is -2.42. The maximum atomic E-state index is 12.8. The van der Waals surface area contributed by atoms with Crippen molar-refractivity contribution >= 4 is 11.8 Å². The molecule has 0 fully saturated rings. The second kappa shape index (κ2) is 9.13. The maximum Gasteiger partial charge on any atom is 0.411 e. The first kappa shape index (κ1) is 20.4. The van der Waals surface area contributed by atoms with E-state index in [2.05, 4.69) is 15.6 Å². The summed E-state index contributed by atoms with van der Waals surface area (Å²) in [4.78, 5) is 23.7. The third-order valence-corrected chi connectivity index (χ3v) is 3.34. The number of hydrogen-bond acceptors (Lipinski definition) is 3. The molecule has 2 aromatic carbocycles. The normalized spacial score (nSPS) is 11.1. The number of hydrazine groups is 1. The van der Waals surface area contributed by atoms with Gasteiger partial charge in [-0.15, -0.1) is 0 Å². The van der Waals surface area contributed by atoms with E-state index < -0.39 is 30.4 Å². The fourth-order valence-corrected chi connectivity index (χ4v) is 2.07. The van der Waals surface area contributed by atoms with Crippen LogP contribution in [0.2, 0.25) is 0 Å². The van der Waals surface area contributed by atoms with Gasteiger partial charge < -0.3 is 4.74 Å². The van der Waals surface area contributed by atoms with Gasteiger partial charge in [-0.2, -0.15) is 13.2 Å². The van der Waals surface area contributed by atoms with Crippen LogP contribution in [0, 0.1) is 5.82 Å². The molecule has 0 radical (unpaired) electrons. The van der Waals surface area contributed by atoms with Gasteiger partial charge in [0.2, 0.25) is 5.91 Å². The minimum absolute atomic E-state index is 0.0456. The van der Waals surface area contributed by atoms with E-state index in [0.29, 0.717) is 11.1 Å². The van der Waals surface area contributed by atoms with Crippen molar-refractivity contribution in [1.29, 1.82) is 0 Å². The average Bonchev–Trinajstić information content (AvgIpc) is 2.61. The van der Waals surface area contributed by atoms with Gasteiger partial charge in [0.15, 0.2) is 0 Å². The summed E-state index contributed by atoms with van der Waals surface area (Å²) in [6.07, 6.45) is -4.44. The molecule has 0 heterocycles. The minimum atomic E-state index is -4.40. The number of ether oxygens (including phenoxy) is 1. The Morgan fingerprint density at radius 2 is 1.48 bits per heavy atom. The Labute approximate surface area is 152 Å². The highest BCUT2D eigenvalue weighted by Gasteiger charge is 2.27. The van der Waals surface area contributed by atoms with Crippen molar-refractivity contribution in [3.63, 3.8) is 0 Å². The van der Waals surface area contributed by atoms with Crippen LogP contribution in [0.25, 0.3) is 0 Å². The summed E-state index contributed by atoms with van der Waals surface area (Å²) in [6, 6.07) is 11.0. The lowest BCUT2D eigenvalue weighted by molar-refractivity contribution is -0.176. The number of benzene rings is 2. The van der Waals surface area contributed by atoms with Crippen molar-refractivity contribution in [2.24, 2.45) is 0 Å². The van der Waals surface area contributed by atoms with E-state index in [1.807, 2.05) is 0 Å². The average molecular weight is 384 g/mol. The Hall–Kier alpha value is -2.94. The van der Waals surface area contributed by atoms with Crippen molar-refractivity contribution in [2.75, 3.05) is 6.61 Å². The third-order valence-electron chi connectivity index (χ3n) is 3.34. The Morgan fingerprint density at radius 3 is 2.07 bits per heavy atom. The molecule has 0 saturated carbocycles. The number of hydrogen-bond donors (Lipinski definition) is 2. The molecular weight excluding hydrogens is 368 g/mol. The predicted molar refractivity (Wildman–Crippen MR) is 87.9 cm³/mol. The number of carbonyl (C=O) groups is 2. The predicted octanol–water partition coefficient (Wildman–Crippen LogP) is 2.91. The second-order valence-electron chi connectivity index (χ2n) is 5.61. The van der Waals surface area contributed by atoms with Gasteiger partial charge in [-0.3, -0.25) is 20.4 Å². The molecule has 2 amide bonds. The van der Waals surface area contributed by atoms with Crippen molar-refractivity contribution in [3.05, 3.63) is 71.0 Å². The zero-order valence-corrected chi connectivity index (χ0v) is 14.0. The monoisotopic (exact) mass is 384 g/mol. The molecule has 0 aliphatic rings. The zero-order valence-electron chi connectivity index (χ0n) is 14.0. The number of amides is 2. The van der Waals surface area contributed by atoms with Crippen LogP contribution < -0.4 is 10.9 Å². The molecule has 2 rings (SSSR count). The van der Waals surface area contributed by atoms with E-state index in [9.17, 15) is 27.2 Å². The molecule has 27 heavy (non-hydrogen) atoms. The van der Waals surface area contributed by atoms with Crippen LogP contribution in [0.5, 0.6) is 0 Å². The topological polar surface area (TPSA) is 67.4 Å². The molecule has 0 saturated heterocycles. The summed E-state index contributed by atoms with van der Waals surface area (Å²) < 4.78 is 53.3. The van der Waals surface area contributed by atoms with Gasteiger partial charge in [0.25, 0.3) is 5.91 Å². The van der Waals surface area contributed by atoms with Crippen LogP contribution in [-0.2, 0) is 22.6 Å². The van der Waals surface area contributed by atoms with E-state index >= 15 is 0 Å². The first-order valence-corrected chi connectivity index (χ1v) is 7.80. The van der Waals surface area contributed by atoms with Crippen LogP contribution >= 0.6 is 0 Å². The van der Waals surface area contributed by atoms with E-state index in [-0.39, 0.29) is 18.6 Å².